The van der Waals surface area contributed by atoms with E-state index in [4.69, 9.17) is 9.47 Å². The molecule has 1 heterocycles. The third-order valence-corrected chi connectivity index (χ3v) is 7.30. The number of benzene rings is 1. The summed E-state index contributed by atoms with van der Waals surface area (Å²) in [6, 6.07) is 4.66. The quantitative estimate of drug-likeness (QED) is 0.437. The van der Waals surface area contributed by atoms with Crippen molar-refractivity contribution in [2.75, 3.05) is 11.9 Å². The van der Waals surface area contributed by atoms with Gasteiger partial charge in [-0.1, -0.05) is 12.1 Å². The third kappa shape index (κ3) is 7.89. The summed E-state index contributed by atoms with van der Waals surface area (Å²) < 4.78 is 40.5. The summed E-state index contributed by atoms with van der Waals surface area (Å²) in [4.78, 5) is 23.9. The van der Waals surface area contributed by atoms with E-state index in [0.29, 0.717) is 11.3 Å². The molecule has 3 rings (SSSR count). The van der Waals surface area contributed by atoms with Gasteiger partial charge in [-0.25, -0.2) is 27.4 Å². The van der Waals surface area contributed by atoms with E-state index < -0.39 is 22.2 Å². The number of ether oxygens (including phenoxy) is 2. The summed E-state index contributed by atoms with van der Waals surface area (Å²) in [5.74, 6) is 0. The topological polar surface area (TPSA) is 154 Å². The first kappa shape index (κ1) is 28.4. The van der Waals surface area contributed by atoms with Crippen molar-refractivity contribution in [1.29, 1.82) is 0 Å². The van der Waals surface area contributed by atoms with Gasteiger partial charge in [0.15, 0.2) is 0 Å². The van der Waals surface area contributed by atoms with E-state index in [9.17, 15) is 18.0 Å². The van der Waals surface area contributed by atoms with Gasteiger partial charge < -0.3 is 14.8 Å². The molecule has 204 valence electrons. The molecule has 1 aromatic carbocycles. The number of rotatable bonds is 9. The molecule has 0 saturated heterocycles. The molecule has 2 amide bonds. The van der Waals surface area contributed by atoms with Gasteiger partial charge in [0.05, 0.1) is 29.3 Å². The zero-order chi connectivity index (χ0) is 27.2. The summed E-state index contributed by atoms with van der Waals surface area (Å²) in [5, 5.41) is 14.0. The third-order valence-electron chi connectivity index (χ3n) is 5.72. The van der Waals surface area contributed by atoms with Crippen molar-refractivity contribution in [2.24, 2.45) is 0 Å². The Balaban J connectivity index is 1.77. The number of nitrogens with zero attached hydrogens (tertiary/aromatic N) is 3. The van der Waals surface area contributed by atoms with Gasteiger partial charge in [0, 0.05) is 23.8 Å². The number of alkyl carbamates (subject to hydrolysis) is 1. The molecular formula is C24H36N6O6S. The number of sulfonamides is 1. The Bertz CT molecular complexity index is 1190. The van der Waals surface area contributed by atoms with Crippen LogP contribution in [0.1, 0.15) is 66.3 Å². The maximum atomic E-state index is 13.0. The van der Waals surface area contributed by atoms with Crippen LogP contribution in [0, 0.1) is 0 Å². The molecule has 0 radical (unpaired) electrons. The van der Waals surface area contributed by atoms with Crippen LogP contribution in [-0.2, 0) is 19.5 Å². The second-order valence-electron chi connectivity index (χ2n) is 9.48. The molecule has 1 saturated carbocycles. The lowest BCUT2D eigenvalue weighted by Crippen LogP contribution is -2.39. The van der Waals surface area contributed by atoms with Gasteiger partial charge in [-0.15, -0.1) is 5.10 Å². The summed E-state index contributed by atoms with van der Waals surface area (Å²) >= 11 is 0. The number of carbonyl (C=O) groups excluding carboxylic acids is 2. The van der Waals surface area contributed by atoms with Crippen LogP contribution in [0.2, 0.25) is 0 Å². The highest BCUT2D eigenvalue weighted by Gasteiger charge is 2.27. The van der Waals surface area contributed by atoms with E-state index in [1.54, 1.807) is 57.6 Å². The Labute approximate surface area is 217 Å². The largest absolute Gasteiger partial charge is 0.447 e. The van der Waals surface area contributed by atoms with Gasteiger partial charge in [-0.05, 0) is 71.6 Å². The highest BCUT2D eigenvalue weighted by Crippen LogP contribution is 2.32. The van der Waals surface area contributed by atoms with Crippen LogP contribution in [-0.4, -0.2) is 60.4 Å². The van der Waals surface area contributed by atoms with Crippen LogP contribution < -0.4 is 15.4 Å². The zero-order valence-corrected chi connectivity index (χ0v) is 22.7. The summed E-state index contributed by atoms with van der Waals surface area (Å²) in [6.07, 6.45) is 3.22. The van der Waals surface area contributed by atoms with Crippen molar-refractivity contribution in [3.63, 3.8) is 0 Å². The number of amides is 2. The van der Waals surface area contributed by atoms with E-state index in [1.807, 2.05) is 0 Å². The highest BCUT2D eigenvalue weighted by molar-refractivity contribution is 7.89. The van der Waals surface area contributed by atoms with Gasteiger partial charge in [0.1, 0.15) is 5.69 Å². The lowest BCUT2D eigenvalue weighted by atomic mass is 9.91. The van der Waals surface area contributed by atoms with Crippen LogP contribution in [0.15, 0.2) is 29.3 Å². The number of carbonyl (C=O) groups is 2. The zero-order valence-electron chi connectivity index (χ0n) is 21.9. The molecule has 2 aromatic rings. The van der Waals surface area contributed by atoms with Gasteiger partial charge in [0.2, 0.25) is 10.0 Å². The number of anilines is 1. The Kier molecular flexibility index (Phi) is 9.49. The van der Waals surface area contributed by atoms with E-state index in [0.717, 1.165) is 25.7 Å². The van der Waals surface area contributed by atoms with Gasteiger partial charge in [-0.2, -0.15) is 0 Å². The van der Waals surface area contributed by atoms with E-state index in [2.05, 4.69) is 25.7 Å². The monoisotopic (exact) mass is 536 g/mol. The van der Waals surface area contributed by atoms with Gasteiger partial charge in [0.25, 0.3) is 0 Å². The fourth-order valence-corrected chi connectivity index (χ4v) is 5.42. The Morgan fingerprint density at radius 1 is 1.05 bits per heavy atom. The van der Waals surface area contributed by atoms with Crippen molar-refractivity contribution in [2.45, 2.75) is 89.5 Å². The van der Waals surface area contributed by atoms with Crippen molar-refractivity contribution in [3.8, 4) is 11.3 Å². The molecule has 0 spiro atoms. The van der Waals surface area contributed by atoms with Gasteiger partial charge >= 0.3 is 12.2 Å². The SMILES string of the molecule is CCNS(=O)(=O)c1cc(NC(=O)OC(C)C)ccc1-c1cn([C@H]2CC[C@H](NC(=O)OC(C)C)CC2)nn1. The lowest BCUT2D eigenvalue weighted by Gasteiger charge is -2.28. The first-order valence-electron chi connectivity index (χ1n) is 12.5. The number of hydrogen-bond donors (Lipinski definition) is 3. The molecular weight excluding hydrogens is 500 g/mol. The average molecular weight is 537 g/mol. The molecule has 0 atom stereocenters. The Hall–Kier alpha value is -3.19. The first-order chi connectivity index (χ1) is 17.5. The summed E-state index contributed by atoms with van der Waals surface area (Å²) in [6.45, 7) is 8.93. The molecule has 1 aromatic heterocycles. The van der Waals surface area contributed by atoms with E-state index in [-0.39, 0.29) is 41.4 Å². The number of hydrogen-bond acceptors (Lipinski definition) is 8. The van der Waals surface area contributed by atoms with Gasteiger partial charge in [-0.3, -0.25) is 5.32 Å². The van der Waals surface area contributed by atoms with Crippen molar-refractivity contribution >= 4 is 27.9 Å². The average Bonchev–Trinajstić information content (AvgIpc) is 3.28. The molecule has 0 unspecified atom stereocenters. The van der Waals surface area contributed by atoms with Crippen LogP contribution >= 0.6 is 0 Å². The minimum atomic E-state index is -3.88. The maximum absolute atomic E-state index is 13.0. The molecule has 1 aliphatic carbocycles. The summed E-state index contributed by atoms with van der Waals surface area (Å²) in [7, 11) is -3.88. The molecule has 37 heavy (non-hydrogen) atoms. The summed E-state index contributed by atoms with van der Waals surface area (Å²) in [5.41, 5.74) is 1.04. The minimum Gasteiger partial charge on any atom is -0.447 e. The Morgan fingerprint density at radius 3 is 2.32 bits per heavy atom. The van der Waals surface area contributed by atoms with E-state index >= 15 is 0 Å². The number of aromatic nitrogens is 3. The second-order valence-corrected chi connectivity index (χ2v) is 11.2. The van der Waals surface area contributed by atoms with Crippen molar-refractivity contribution in [3.05, 3.63) is 24.4 Å². The fraction of sp³-hybridized carbons (Fsp3) is 0.583. The van der Waals surface area contributed by atoms with Crippen molar-refractivity contribution < 1.29 is 27.5 Å². The number of nitrogens with one attached hydrogen (secondary N) is 3. The van der Waals surface area contributed by atoms with Crippen LogP contribution in [0.3, 0.4) is 0 Å². The predicted octanol–water partition coefficient (Wildman–Crippen LogP) is 3.82. The molecule has 1 fully saturated rings. The lowest BCUT2D eigenvalue weighted by molar-refractivity contribution is 0.108. The second kappa shape index (κ2) is 12.4. The van der Waals surface area contributed by atoms with Crippen molar-refractivity contribution in [1.82, 2.24) is 25.0 Å². The predicted molar refractivity (Wildman–Crippen MR) is 138 cm³/mol. The Morgan fingerprint density at radius 2 is 1.70 bits per heavy atom. The molecule has 0 bridgehead atoms. The molecule has 3 N–H and O–H groups in total. The van der Waals surface area contributed by atoms with Crippen LogP contribution in [0.4, 0.5) is 15.3 Å². The van der Waals surface area contributed by atoms with Crippen LogP contribution in [0.5, 0.6) is 0 Å². The van der Waals surface area contributed by atoms with E-state index in [1.165, 1.54) is 6.07 Å². The first-order valence-corrected chi connectivity index (χ1v) is 14.0. The highest BCUT2D eigenvalue weighted by atomic mass is 32.2. The normalized spacial score (nSPS) is 18.0. The molecule has 13 heteroatoms. The molecule has 0 aliphatic heterocycles. The molecule has 1 aliphatic rings. The fourth-order valence-electron chi connectivity index (χ4n) is 4.14. The molecule has 12 nitrogen and oxygen atoms in total. The smallest absolute Gasteiger partial charge is 0.411 e. The minimum absolute atomic E-state index is 0.0275. The maximum Gasteiger partial charge on any atom is 0.411 e. The standard InChI is InChI=1S/C24H36N6O6S/c1-6-25-37(33,34)22-13-18(27-24(32)36-16(4)5)9-12-20(22)21-14-30(29-28-21)19-10-7-17(8-11-19)26-23(31)35-15(2)3/h9,12-17,19,25H,6-8,10-11H2,1-5H3,(H,26,31)(H,27,32)/t17-,19-. The van der Waals surface area contributed by atoms with Crippen LogP contribution in [0.25, 0.3) is 11.3 Å².